The van der Waals surface area contributed by atoms with Crippen molar-refractivity contribution < 1.29 is 23.6 Å². The van der Waals surface area contributed by atoms with Crippen LogP contribution in [0.5, 0.6) is 0 Å². The van der Waals surface area contributed by atoms with Crippen LogP contribution in [0, 0.1) is 40.4 Å². The summed E-state index contributed by atoms with van der Waals surface area (Å²) < 4.78 is 14.0. The number of hydrogen-bond acceptors (Lipinski definition) is 5. The molecule has 0 aromatic carbocycles. The van der Waals surface area contributed by atoms with Gasteiger partial charge in [0, 0.05) is 25.6 Å². The van der Waals surface area contributed by atoms with Crippen molar-refractivity contribution in [3.05, 3.63) is 0 Å². The molecule has 1 amide bonds. The van der Waals surface area contributed by atoms with Crippen LogP contribution in [0.2, 0.25) is 0 Å². The Bertz CT molecular complexity index is 878. The van der Waals surface area contributed by atoms with Gasteiger partial charge in [0.15, 0.2) is 0 Å². The van der Waals surface area contributed by atoms with E-state index in [2.05, 4.69) is 45.5 Å². The van der Waals surface area contributed by atoms with E-state index < -0.39 is 12.8 Å². The third-order valence-corrected chi connectivity index (χ3v) is 11.5. The average molecular weight is 552 g/mol. The zero-order valence-electron chi connectivity index (χ0n) is 25.6. The van der Waals surface area contributed by atoms with Gasteiger partial charge in [0.05, 0.1) is 46.0 Å². The highest BCUT2D eigenvalue weighted by atomic mass is 19.1. The van der Waals surface area contributed by atoms with Gasteiger partial charge in [0.25, 0.3) is 0 Å². The number of fused-ring (bicyclic) bond motifs is 5. The van der Waals surface area contributed by atoms with E-state index in [0.717, 1.165) is 54.4 Å². The first-order chi connectivity index (χ1) is 18.4. The zero-order chi connectivity index (χ0) is 28.4. The first-order valence-electron chi connectivity index (χ1n) is 15.6. The number of carbonyl (C=O) groups is 1. The van der Waals surface area contributed by atoms with Crippen molar-refractivity contribution in [3.8, 4) is 0 Å². The van der Waals surface area contributed by atoms with Crippen molar-refractivity contribution in [1.82, 2.24) is 10.2 Å². The minimum atomic E-state index is -0.597. The maximum atomic E-state index is 13.2. The first-order valence-corrected chi connectivity index (χ1v) is 15.6. The van der Waals surface area contributed by atoms with Crippen molar-refractivity contribution in [3.63, 3.8) is 0 Å². The van der Waals surface area contributed by atoms with Crippen LogP contribution in [-0.2, 0) is 4.84 Å². The zero-order valence-corrected chi connectivity index (χ0v) is 25.6. The number of carbonyl (C=O) groups excluding carboxylic acids is 1. The highest BCUT2D eigenvalue weighted by Gasteiger charge is 2.60. The molecule has 224 valence electrons. The SMILES string of the molecule is C/C(=N\OC(=O)N(CCF)CCNCC[N+](C)(C)C)[C@H]1CC[C@H]2[C@@H]3CC[C@H]4C[C@@H](O)CC[C@]4(C)[C@H]3CC[C@]12C. The Morgan fingerprint density at radius 2 is 1.74 bits per heavy atom. The summed E-state index contributed by atoms with van der Waals surface area (Å²) in [6.45, 7) is 9.25. The second-order valence-corrected chi connectivity index (χ2v) is 14.8. The van der Waals surface area contributed by atoms with Gasteiger partial charge in [-0.05, 0) is 99.2 Å². The maximum Gasteiger partial charge on any atom is 0.436 e. The number of quaternary nitrogens is 1. The van der Waals surface area contributed by atoms with Crippen molar-refractivity contribution in [2.45, 2.75) is 84.7 Å². The Balaban J connectivity index is 1.34. The van der Waals surface area contributed by atoms with Crippen molar-refractivity contribution in [1.29, 1.82) is 0 Å². The fraction of sp³-hybridized carbons (Fsp3) is 0.935. The predicted octanol–water partition coefficient (Wildman–Crippen LogP) is 5.09. The summed E-state index contributed by atoms with van der Waals surface area (Å²) in [6.07, 6.45) is 9.78. The van der Waals surface area contributed by atoms with E-state index in [-0.39, 0.29) is 18.1 Å². The number of alkyl halides is 1. The molecule has 2 N–H and O–H groups in total. The third kappa shape index (κ3) is 6.64. The topological polar surface area (TPSA) is 74.2 Å². The molecule has 0 heterocycles. The lowest BCUT2D eigenvalue weighted by molar-refractivity contribution is -0.869. The van der Waals surface area contributed by atoms with Gasteiger partial charge in [-0.15, -0.1) is 0 Å². The quantitative estimate of drug-likeness (QED) is 0.130. The third-order valence-electron chi connectivity index (χ3n) is 11.5. The second-order valence-electron chi connectivity index (χ2n) is 14.8. The van der Waals surface area contributed by atoms with Gasteiger partial charge >= 0.3 is 6.09 Å². The van der Waals surface area contributed by atoms with Crippen LogP contribution in [0.25, 0.3) is 0 Å². The second kappa shape index (κ2) is 12.3. The Hall–Kier alpha value is -1.25. The molecule has 4 aliphatic carbocycles. The molecular weight excluding hydrogens is 495 g/mol. The van der Waals surface area contributed by atoms with E-state index >= 15 is 0 Å². The van der Waals surface area contributed by atoms with Crippen molar-refractivity contribution in [2.75, 3.05) is 60.5 Å². The van der Waals surface area contributed by atoms with Gasteiger partial charge in [-0.3, -0.25) is 4.84 Å². The minimum absolute atomic E-state index is 0.0213. The highest BCUT2D eigenvalue weighted by Crippen LogP contribution is 2.67. The lowest BCUT2D eigenvalue weighted by atomic mass is 9.44. The predicted molar refractivity (Wildman–Crippen MR) is 154 cm³/mol. The molecule has 0 radical (unpaired) electrons. The lowest BCUT2D eigenvalue weighted by Gasteiger charge is -2.61. The van der Waals surface area contributed by atoms with E-state index in [1.165, 1.54) is 43.4 Å². The molecule has 4 aliphatic rings. The van der Waals surface area contributed by atoms with E-state index in [4.69, 9.17) is 4.84 Å². The first kappa shape index (κ1) is 30.7. The fourth-order valence-electron chi connectivity index (χ4n) is 9.30. The fourth-order valence-corrected chi connectivity index (χ4v) is 9.30. The lowest BCUT2D eigenvalue weighted by Crippen LogP contribution is -2.54. The van der Waals surface area contributed by atoms with Gasteiger partial charge in [-0.25, -0.2) is 9.18 Å². The Kier molecular flexibility index (Phi) is 9.70. The number of hydrogen-bond donors (Lipinski definition) is 2. The Morgan fingerprint density at radius 1 is 1.03 bits per heavy atom. The molecule has 4 fully saturated rings. The number of halogens is 1. The van der Waals surface area contributed by atoms with E-state index in [9.17, 15) is 14.3 Å². The molecule has 0 saturated heterocycles. The maximum absolute atomic E-state index is 13.2. The molecule has 0 bridgehead atoms. The molecule has 8 heteroatoms. The average Bonchev–Trinajstić information content (AvgIpc) is 3.23. The highest BCUT2D eigenvalue weighted by molar-refractivity contribution is 5.85. The van der Waals surface area contributed by atoms with Crippen molar-refractivity contribution >= 4 is 11.8 Å². The van der Waals surface area contributed by atoms with Crippen LogP contribution in [0.4, 0.5) is 9.18 Å². The molecule has 0 unspecified atom stereocenters. The summed E-state index contributed by atoms with van der Waals surface area (Å²) in [6, 6.07) is 0. The van der Waals surface area contributed by atoms with E-state index in [1.54, 1.807) is 0 Å². The van der Waals surface area contributed by atoms with Crippen LogP contribution >= 0.6 is 0 Å². The molecule has 0 spiro atoms. The van der Waals surface area contributed by atoms with Crippen LogP contribution in [-0.4, -0.2) is 92.9 Å². The molecule has 4 rings (SSSR count). The molecule has 0 aromatic rings. The number of aliphatic hydroxyl groups excluding tert-OH is 1. The molecular formula is C31H56FN4O3+. The van der Waals surface area contributed by atoms with E-state index in [1.807, 2.05) is 6.92 Å². The number of nitrogens with zero attached hydrogens (tertiary/aromatic N) is 3. The molecule has 4 saturated carbocycles. The molecule has 8 atom stereocenters. The number of likely N-dealkylation sites (N-methyl/N-ethyl adjacent to an activating group) is 1. The number of oxime groups is 1. The summed E-state index contributed by atoms with van der Waals surface area (Å²) in [5.74, 6) is 3.20. The summed E-state index contributed by atoms with van der Waals surface area (Å²) in [5, 5.41) is 18.0. The standard InChI is InChI=1S/C31H56FN4O3/c1-22(34-39-29(38)35(18-15-32)19-16-33-17-20-36(4,5)6)26-9-10-27-25-8-7-23-21-24(37)11-13-30(23,2)28(25)12-14-31(26,27)3/h23-28,33,37H,7-21H2,1-6H3/q+1/b34-22+/t23-,24-,25-,26+,27-,28-,30-,31+/m0/s1. The minimum Gasteiger partial charge on any atom is -0.393 e. The van der Waals surface area contributed by atoms with Crippen molar-refractivity contribution in [2.24, 2.45) is 45.6 Å². The van der Waals surface area contributed by atoms with Crippen LogP contribution in [0.3, 0.4) is 0 Å². The van der Waals surface area contributed by atoms with Gasteiger partial charge in [-0.2, -0.15) is 0 Å². The van der Waals surface area contributed by atoms with Gasteiger partial charge in [0.1, 0.15) is 6.67 Å². The largest absolute Gasteiger partial charge is 0.436 e. The number of amides is 1. The number of nitrogens with one attached hydrogen (secondary N) is 1. The summed E-state index contributed by atoms with van der Waals surface area (Å²) in [5.41, 5.74) is 1.47. The Morgan fingerprint density at radius 3 is 2.46 bits per heavy atom. The number of rotatable bonds is 10. The van der Waals surface area contributed by atoms with Gasteiger partial charge in [0.2, 0.25) is 0 Å². The van der Waals surface area contributed by atoms with Crippen LogP contribution in [0.1, 0.15) is 78.6 Å². The molecule has 39 heavy (non-hydrogen) atoms. The molecule has 0 aromatic heterocycles. The normalized spacial score (nSPS) is 38.5. The van der Waals surface area contributed by atoms with E-state index in [0.29, 0.717) is 36.3 Å². The summed E-state index contributed by atoms with van der Waals surface area (Å²) in [7, 11) is 6.42. The monoisotopic (exact) mass is 551 g/mol. The summed E-state index contributed by atoms with van der Waals surface area (Å²) in [4.78, 5) is 19.6. The van der Waals surface area contributed by atoms with Gasteiger partial charge in [-0.1, -0.05) is 19.0 Å². The summed E-state index contributed by atoms with van der Waals surface area (Å²) >= 11 is 0. The molecule has 7 nitrogen and oxygen atoms in total. The van der Waals surface area contributed by atoms with Crippen LogP contribution < -0.4 is 5.32 Å². The number of aliphatic hydroxyl groups is 1. The Labute approximate surface area is 236 Å². The van der Waals surface area contributed by atoms with Gasteiger partial charge < -0.3 is 19.8 Å². The van der Waals surface area contributed by atoms with Crippen LogP contribution in [0.15, 0.2) is 5.16 Å². The smallest absolute Gasteiger partial charge is 0.393 e. The molecule has 0 aliphatic heterocycles.